The molecule has 1 N–H and O–H groups in total. The Morgan fingerprint density at radius 3 is 2.92 bits per heavy atom. The molecule has 0 fully saturated rings. The zero-order chi connectivity index (χ0) is 9.52. The van der Waals surface area contributed by atoms with Crippen molar-refractivity contribution in [2.75, 3.05) is 5.43 Å². The van der Waals surface area contributed by atoms with E-state index in [9.17, 15) is 0 Å². The van der Waals surface area contributed by atoms with Gasteiger partial charge in [-0.15, -0.1) is 6.58 Å². The number of allylic oxidation sites excluding steroid dienone is 1. The second kappa shape index (κ2) is 5.14. The molecular formula is C11H14N2. The van der Waals surface area contributed by atoms with E-state index in [-0.39, 0.29) is 0 Å². The highest BCUT2D eigenvalue weighted by Crippen LogP contribution is 2.15. The highest BCUT2D eigenvalue weighted by molar-refractivity contribution is 5.58. The second-order valence-corrected chi connectivity index (χ2v) is 2.65. The molecule has 0 saturated carbocycles. The molecule has 0 bridgehead atoms. The average Bonchev–Trinajstić information content (AvgIpc) is 2.17. The van der Waals surface area contributed by atoms with E-state index in [1.807, 2.05) is 31.2 Å². The SMILES string of the molecule is C=CCc1ccccc1N/N=C\C. The molecule has 0 aromatic heterocycles. The summed E-state index contributed by atoms with van der Waals surface area (Å²) in [6.07, 6.45) is 4.48. The van der Waals surface area contributed by atoms with E-state index in [1.54, 1.807) is 6.21 Å². The van der Waals surface area contributed by atoms with Gasteiger partial charge in [0.05, 0.1) is 5.69 Å². The summed E-state index contributed by atoms with van der Waals surface area (Å²) in [5.41, 5.74) is 5.22. The standard InChI is InChI=1S/C11H14N2/c1-3-7-10-8-5-6-9-11(10)13-12-4-2/h3-6,8-9,13H,1,7H2,2H3/b12-4-. The molecule has 0 radical (unpaired) electrons. The van der Waals surface area contributed by atoms with Crippen LogP contribution in [0.25, 0.3) is 0 Å². The fraction of sp³-hybridized carbons (Fsp3) is 0.182. The molecule has 0 aliphatic rings. The molecule has 2 nitrogen and oxygen atoms in total. The van der Waals surface area contributed by atoms with E-state index in [2.05, 4.69) is 23.2 Å². The van der Waals surface area contributed by atoms with Crippen LogP contribution < -0.4 is 5.43 Å². The van der Waals surface area contributed by atoms with Gasteiger partial charge in [0.25, 0.3) is 0 Å². The quantitative estimate of drug-likeness (QED) is 0.423. The molecule has 0 spiro atoms. The van der Waals surface area contributed by atoms with Gasteiger partial charge in [0.2, 0.25) is 0 Å². The number of anilines is 1. The number of hydrogen-bond donors (Lipinski definition) is 1. The maximum absolute atomic E-state index is 3.98. The number of nitrogens with one attached hydrogen (secondary N) is 1. The number of para-hydroxylation sites is 1. The van der Waals surface area contributed by atoms with Gasteiger partial charge in [0.1, 0.15) is 0 Å². The van der Waals surface area contributed by atoms with Crippen LogP contribution in [0.15, 0.2) is 42.0 Å². The third kappa shape index (κ3) is 2.75. The average molecular weight is 174 g/mol. The highest BCUT2D eigenvalue weighted by atomic mass is 15.3. The van der Waals surface area contributed by atoms with E-state index < -0.39 is 0 Å². The summed E-state index contributed by atoms with van der Waals surface area (Å²) >= 11 is 0. The van der Waals surface area contributed by atoms with E-state index in [1.165, 1.54) is 5.56 Å². The van der Waals surface area contributed by atoms with E-state index >= 15 is 0 Å². The Balaban J connectivity index is 2.83. The molecule has 0 saturated heterocycles. The van der Waals surface area contributed by atoms with Gasteiger partial charge in [-0.05, 0) is 25.0 Å². The lowest BCUT2D eigenvalue weighted by Crippen LogP contribution is -1.93. The van der Waals surface area contributed by atoms with Gasteiger partial charge in [-0.25, -0.2) is 0 Å². The summed E-state index contributed by atoms with van der Waals surface area (Å²) in [7, 11) is 0. The van der Waals surface area contributed by atoms with E-state index in [4.69, 9.17) is 0 Å². The van der Waals surface area contributed by atoms with Crippen LogP contribution in [0.1, 0.15) is 12.5 Å². The third-order valence-corrected chi connectivity index (χ3v) is 1.70. The Hall–Kier alpha value is -1.57. The largest absolute Gasteiger partial charge is 0.279 e. The summed E-state index contributed by atoms with van der Waals surface area (Å²) in [5.74, 6) is 0. The predicted octanol–water partition coefficient (Wildman–Crippen LogP) is 2.83. The molecule has 1 aromatic carbocycles. The maximum Gasteiger partial charge on any atom is 0.0596 e. The van der Waals surface area contributed by atoms with Crippen molar-refractivity contribution in [3.63, 3.8) is 0 Å². The van der Waals surface area contributed by atoms with Crippen molar-refractivity contribution >= 4 is 11.9 Å². The van der Waals surface area contributed by atoms with Crippen molar-refractivity contribution in [3.8, 4) is 0 Å². The molecular weight excluding hydrogens is 160 g/mol. The molecule has 0 amide bonds. The Labute approximate surface area is 79.0 Å². The van der Waals surface area contributed by atoms with Crippen LogP contribution in [0.4, 0.5) is 5.69 Å². The minimum absolute atomic E-state index is 0.863. The number of benzene rings is 1. The lowest BCUT2D eigenvalue weighted by atomic mass is 10.1. The molecule has 68 valence electrons. The van der Waals surface area contributed by atoms with Gasteiger partial charge in [-0.2, -0.15) is 5.10 Å². The highest BCUT2D eigenvalue weighted by Gasteiger charge is 1.96. The van der Waals surface area contributed by atoms with Gasteiger partial charge in [0, 0.05) is 6.21 Å². The van der Waals surface area contributed by atoms with E-state index in [0.717, 1.165) is 12.1 Å². The van der Waals surface area contributed by atoms with Crippen LogP contribution in [0, 0.1) is 0 Å². The zero-order valence-corrected chi connectivity index (χ0v) is 7.83. The Bertz CT molecular complexity index is 303. The van der Waals surface area contributed by atoms with Crippen LogP contribution in [0.3, 0.4) is 0 Å². The van der Waals surface area contributed by atoms with Gasteiger partial charge in [0.15, 0.2) is 0 Å². The molecule has 0 aliphatic heterocycles. The summed E-state index contributed by atoms with van der Waals surface area (Å²) in [6.45, 7) is 5.59. The summed E-state index contributed by atoms with van der Waals surface area (Å²) < 4.78 is 0. The predicted molar refractivity (Wildman–Crippen MR) is 58.1 cm³/mol. The Morgan fingerprint density at radius 2 is 2.23 bits per heavy atom. The van der Waals surface area contributed by atoms with Gasteiger partial charge in [-0.1, -0.05) is 24.3 Å². The molecule has 0 atom stereocenters. The van der Waals surface area contributed by atoms with Crippen molar-refractivity contribution < 1.29 is 0 Å². The smallest absolute Gasteiger partial charge is 0.0596 e. The number of rotatable bonds is 4. The number of nitrogens with zero attached hydrogens (tertiary/aromatic N) is 1. The van der Waals surface area contributed by atoms with Gasteiger partial charge >= 0.3 is 0 Å². The van der Waals surface area contributed by atoms with E-state index in [0.29, 0.717) is 0 Å². The fourth-order valence-electron chi connectivity index (χ4n) is 1.10. The van der Waals surface area contributed by atoms with Crippen LogP contribution >= 0.6 is 0 Å². The Morgan fingerprint density at radius 1 is 1.46 bits per heavy atom. The van der Waals surface area contributed by atoms with Crippen LogP contribution in [0.2, 0.25) is 0 Å². The first-order chi connectivity index (χ1) is 6.38. The van der Waals surface area contributed by atoms with Crippen LogP contribution in [-0.4, -0.2) is 6.21 Å². The monoisotopic (exact) mass is 174 g/mol. The van der Waals surface area contributed by atoms with Crippen molar-refractivity contribution in [2.24, 2.45) is 5.10 Å². The minimum atomic E-state index is 0.863. The van der Waals surface area contributed by atoms with Crippen molar-refractivity contribution in [1.29, 1.82) is 0 Å². The van der Waals surface area contributed by atoms with Crippen molar-refractivity contribution in [3.05, 3.63) is 42.5 Å². The third-order valence-electron chi connectivity index (χ3n) is 1.70. The first-order valence-corrected chi connectivity index (χ1v) is 4.31. The zero-order valence-electron chi connectivity index (χ0n) is 7.83. The summed E-state index contributed by atoms with van der Waals surface area (Å²) in [4.78, 5) is 0. The summed E-state index contributed by atoms with van der Waals surface area (Å²) in [5, 5.41) is 3.98. The lowest BCUT2D eigenvalue weighted by Gasteiger charge is -2.05. The fourth-order valence-corrected chi connectivity index (χ4v) is 1.10. The van der Waals surface area contributed by atoms with Crippen LogP contribution in [-0.2, 0) is 6.42 Å². The molecule has 0 heterocycles. The topological polar surface area (TPSA) is 24.4 Å². The first-order valence-electron chi connectivity index (χ1n) is 4.31. The van der Waals surface area contributed by atoms with Crippen molar-refractivity contribution in [2.45, 2.75) is 13.3 Å². The molecule has 1 rings (SSSR count). The minimum Gasteiger partial charge on any atom is -0.279 e. The summed E-state index contributed by atoms with van der Waals surface area (Å²) in [6, 6.07) is 8.07. The molecule has 1 aromatic rings. The normalized spacial score (nSPS) is 10.2. The number of hydrazone groups is 1. The Kier molecular flexibility index (Phi) is 3.76. The maximum atomic E-state index is 3.98. The lowest BCUT2D eigenvalue weighted by molar-refractivity contribution is 1.23. The molecule has 2 heteroatoms. The first kappa shape index (κ1) is 9.52. The van der Waals surface area contributed by atoms with Crippen molar-refractivity contribution in [1.82, 2.24) is 0 Å². The molecule has 0 aliphatic carbocycles. The van der Waals surface area contributed by atoms with Crippen LogP contribution in [0.5, 0.6) is 0 Å². The second-order valence-electron chi connectivity index (χ2n) is 2.65. The molecule has 13 heavy (non-hydrogen) atoms. The van der Waals surface area contributed by atoms with Gasteiger partial charge in [-0.3, -0.25) is 5.43 Å². The number of hydrogen-bond acceptors (Lipinski definition) is 2. The molecule has 0 unspecified atom stereocenters. The van der Waals surface area contributed by atoms with Gasteiger partial charge < -0.3 is 0 Å².